The molecule has 0 unspecified atom stereocenters. The van der Waals surface area contributed by atoms with Crippen LogP contribution in [0.1, 0.15) is 18.9 Å². The van der Waals surface area contributed by atoms with E-state index < -0.39 is 0 Å². The van der Waals surface area contributed by atoms with Gasteiger partial charge < -0.3 is 15.4 Å². The molecule has 0 radical (unpaired) electrons. The van der Waals surface area contributed by atoms with Gasteiger partial charge in [-0.15, -0.1) is 0 Å². The van der Waals surface area contributed by atoms with Gasteiger partial charge in [-0.3, -0.25) is 4.99 Å². The summed E-state index contributed by atoms with van der Waals surface area (Å²) in [5.41, 5.74) is 1.20. The Kier molecular flexibility index (Phi) is 7.96. The molecular formula is C16H25N3O. The maximum atomic E-state index is 5.34. The zero-order valence-corrected chi connectivity index (χ0v) is 12.6. The third kappa shape index (κ3) is 5.78. The van der Waals surface area contributed by atoms with Crippen molar-refractivity contribution in [2.75, 3.05) is 27.2 Å². The van der Waals surface area contributed by atoms with Crippen molar-refractivity contribution in [3.05, 3.63) is 42.0 Å². The average Bonchev–Trinajstić information content (AvgIpc) is 2.50. The van der Waals surface area contributed by atoms with Crippen LogP contribution in [-0.2, 0) is 6.42 Å². The van der Waals surface area contributed by atoms with Crippen LogP contribution in [-0.4, -0.2) is 33.2 Å². The fourth-order valence-electron chi connectivity index (χ4n) is 1.89. The van der Waals surface area contributed by atoms with Gasteiger partial charge in [0.2, 0.25) is 0 Å². The molecule has 0 aromatic heterocycles. The molecule has 1 aromatic carbocycles. The van der Waals surface area contributed by atoms with Crippen LogP contribution in [0.5, 0.6) is 5.75 Å². The first-order chi connectivity index (χ1) is 9.81. The Labute approximate surface area is 121 Å². The van der Waals surface area contributed by atoms with Gasteiger partial charge in [-0.1, -0.05) is 30.4 Å². The molecule has 1 aromatic rings. The first-order valence-electron chi connectivity index (χ1n) is 6.99. The Morgan fingerprint density at radius 2 is 2.00 bits per heavy atom. The second-order valence-electron chi connectivity index (χ2n) is 4.35. The molecule has 2 N–H and O–H groups in total. The van der Waals surface area contributed by atoms with E-state index in [0.717, 1.165) is 37.6 Å². The summed E-state index contributed by atoms with van der Waals surface area (Å²) in [5.74, 6) is 1.77. The summed E-state index contributed by atoms with van der Waals surface area (Å²) in [4.78, 5) is 4.20. The number of guanidine groups is 1. The van der Waals surface area contributed by atoms with Gasteiger partial charge in [-0.2, -0.15) is 0 Å². The predicted octanol–water partition coefficient (Wildman–Crippen LogP) is 2.37. The minimum absolute atomic E-state index is 0.823. The van der Waals surface area contributed by atoms with Crippen LogP contribution >= 0.6 is 0 Å². The summed E-state index contributed by atoms with van der Waals surface area (Å²) >= 11 is 0. The van der Waals surface area contributed by atoms with Crippen molar-refractivity contribution in [2.45, 2.75) is 19.8 Å². The number of rotatable bonds is 7. The molecule has 0 heterocycles. The molecule has 0 aliphatic carbocycles. The molecule has 110 valence electrons. The lowest BCUT2D eigenvalue weighted by Gasteiger charge is -2.12. The number of ether oxygens (including phenoxy) is 1. The molecule has 4 nitrogen and oxygen atoms in total. The highest BCUT2D eigenvalue weighted by atomic mass is 16.5. The monoisotopic (exact) mass is 275 g/mol. The number of para-hydroxylation sites is 1. The van der Waals surface area contributed by atoms with Gasteiger partial charge in [-0.25, -0.2) is 0 Å². The van der Waals surface area contributed by atoms with Crippen molar-refractivity contribution in [1.82, 2.24) is 10.6 Å². The first kappa shape index (κ1) is 16.1. The van der Waals surface area contributed by atoms with Crippen LogP contribution in [0.15, 0.2) is 41.4 Å². The molecule has 0 saturated carbocycles. The Morgan fingerprint density at radius 3 is 2.70 bits per heavy atom. The molecule has 0 aliphatic rings. The number of benzene rings is 1. The van der Waals surface area contributed by atoms with E-state index >= 15 is 0 Å². The topological polar surface area (TPSA) is 45.7 Å². The zero-order chi connectivity index (χ0) is 14.6. The van der Waals surface area contributed by atoms with E-state index in [1.54, 1.807) is 14.2 Å². The highest BCUT2D eigenvalue weighted by Crippen LogP contribution is 2.17. The second kappa shape index (κ2) is 9.89. The van der Waals surface area contributed by atoms with Crippen molar-refractivity contribution >= 4 is 5.96 Å². The number of hydrogen-bond donors (Lipinski definition) is 2. The average molecular weight is 275 g/mol. The van der Waals surface area contributed by atoms with Crippen LogP contribution < -0.4 is 15.4 Å². The Hall–Kier alpha value is -1.97. The largest absolute Gasteiger partial charge is 0.496 e. The third-order valence-corrected chi connectivity index (χ3v) is 2.94. The maximum absolute atomic E-state index is 5.34. The normalized spacial score (nSPS) is 11.7. The van der Waals surface area contributed by atoms with E-state index in [4.69, 9.17) is 4.74 Å². The van der Waals surface area contributed by atoms with Crippen molar-refractivity contribution in [1.29, 1.82) is 0 Å². The predicted molar refractivity (Wildman–Crippen MR) is 85.5 cm³/mol. The van der Waals surface area contributed by atoms with Crippen LogP contribution in [0.3, 0.4) is 0 Å². The van der Waals surface area contributed by atoms with Gasteiger partial charge in [0, 0.05) is 20.1 Å². The molecular weight excluding hydrogens is 250 g/mol. The molecule has 20 heavy (non-hydrogen) atoms. The van der Waals surface area contributed by atoms with Gasteiger partial charge in [0.25, 0.3) is 0 Å². The van der Waals surface area contributed by atoms with Crippen LogP contribution in [0.4, 0.5) is 0 Å². The van der Waals surface area contributed by atoms with Gasteiger partial charge in [0.05, 0.1) is 7.11 Å². The molecule has 0 amide bonds. The van der Waals surface area contributed by atoms with E-state index in [1.807, 2.05) is 25.1 Å². The number of nitrogens with one attached hydrogen (secondary N) is 2. The number of allylic oxidation sites excluding steroid dienone is 1. The molecule has 4 heteroatoms. The summed E-state index contributed by atoms with van der Waals surface area (Å²) in [6.07, 6.45) is 6.10. The van der Waals surface area contributed by atoms with E-state index in [9.17, 15) is 0 Å². The molecule has 0 fully saturated rings. The Morgan fingerprint density at radius 1 is 1.25 bits per heavy atom. The van der Waals surface area contributed by atoms with Gasteiger partial charge >= 0.3 is 0 Å². The summed E-state index contributed by atoms with van der Waals surface area (Å²) in [7, 11) is 3.49. The summed E-state index contributed by atoms with van der Waals surface area (Å²) in [6.45, 7) is 3.74. The zero-order valence-electron chi connectivity index (χ0n) is 12.6. The first-order valence-corrected chi connectivity index (χ1v) is 6.99. The van der Waals surface area contributed by atoms with E-state index in [1.165, 1.54) is 5.56 Å². The standard InChI is InChI=1S/C16H25N3O/c1-4-5-8-12-18-16(17-2)19-13-11-14-9-6-7-10-15(14)20-3/h4-7,9-10H,8,11-13H2,1-3H3,(H2,17,18,19)/b5-4+. The SMILES string of the molecule is C/C=C/CCNC(=NC)NCCc1ccccc1OC. The molecule has 0 atom stereocenters. The van der Waals surface area contributed by atoms with Crippen molar-refractivity contribution in [3.8, 4) is 5.75 Å². The summed E-state index contributed by atoms with van der Waals surface area (Å²) in [5, 5.41) is 6.58. The van der Waals surface area contributed by atoms with Gasteiger partial charge in [0.15, 0.2) is 5.96 Å². The van der Waals surface area contributed by atoms with Crippen molar-refractivity contribution in [3.63, 3.8) is 0 Å². The molecule has 0 bridgehead atoms. The molecule has 0 aliphatic heterocycles. The molecule has 1 rings (SSSR count). The Bertz CT molecular complexity index is 441. The number of aliphatic imine (C=N–C) groups is 1. The highest BCUT2D eigenvalue weighted by Gasteiger charge is 2.02. The van der Waals surface area contributed by atoms with Crippen LogP contribution in [0.25, 0.3) is 0 Å². The van der Waals surface area contributed by atoms with Crippen LogP contribution in [0, 0.1) is 0 Å². The number of nitrogens with zero attached hydrogens (tertiary/aromatic N) is 1. The fourth-order valence-corrected chi connectivity index (χ4v) is 1.89. The fraction of sp³-hybridized carbons (Fsp3) is 0.438. The van der Waals surface area contributed by atoms with E-state index in [0.29, 0.717) is 0 Å². The van der Waals surface area contributed by atoms with Gasteiger partial charge in [-0.05, 0) is 31.4 Å². The second-order valence-corrected chi connectivity index (χ2v) is 4.35. The minimum atomic E-state index is 0.823. The Balaban J connectivity index is 2.34. The van der Waals surface area contributed by atoms with Crippen LogP contribution in [0.2, 0.25) is 0 Å². The lowest BCUT2D eigenvalue weighted by atomic mass is 10.1. The number of methoxy groups -OCH3 is 1. The molecule has 0 saturated heterocycles. The minimum Gasteiger partial charge on any atom is -0.496 e. The number of hydrogen-bond acceptors (Lipinski definition) is 2. The summed E-state index contributed by atoms with van der Waals surface area (Å²) in [6, 6.07) is 8.09. The third-order valence-electron chi connectivity index (χ3n) is 2.94. The quantitative estimate of drug-likeness (QED) is 0.347. The highest BCUT2D eigenvalue weighted by molar-refractivity contribution is 5.79. The van der Waals surface area contributed by atoms with E-state index in [2.05, 4.69) is 33.8 Å². The maximum Gasteiger partial charge on any atom is 0.190 e. The lowest BCUT2D eigenvalue weighted by Crippen LogP contribution is -2.38. The molecule has 0 spiro atoms. The lowest BCUT2D eigenvalue weighted by molar-refractivity contribution is 0.409. The van der Waals surface area contributed by atoms with E-state index in [-0.39, 0.29) is 0 Å². The van der Waals surface area contributed by atoms with Crippen molar-refractivity contribution < 1.29 is 4.74 Å². The summed E-state index contributed by atoms with van der Waals surface area (Å²) < 4.78 is 5.34. The van der Waals surface area contributed by atoms with Gasteiger partial charge in [0.1, 0.15) is 5.75 Å². The van der Waals surface area contributed by atoms with Crippen molar-refractivity contribution in [2.24, 2.45) is 4.99 Å². The smallest absolute Gasteiger partial charge is 0.190 e.